The summed E-state index contributed by atoms with van der Waals surface area (Å²) in [5, 5.41) is 0.855. The third kappa shape index (κ3) is 2.99. The van der Waals surface area contributed by atoms with Crippen molar-refractivity contribution in [1.29, 1.82) is 0 Å². The summed E-state index contributed by atoms with van der Waals surface area (Å²) in [5.41, 5.74) is 0. The van der Waals surface area contributed by atoms with Crippen LogP contribution in [-0.2, 0) is 18.9 Å². The highest BCUT2D eigenvalue weighted by Gasteiger charge is 2.44. The number of nitrogens with zero attached hydrogens (tertiary/aromatic N) is 1. The quantitative estimate of drug-likeness (QED) is 0.583. The van der Waals surface area contributed by atoms with Crippen LogP contribution in [0.5, 0.6) is 0 Å². The summed E-state index contributed by atoms with van der Waals surface area (Å²) in [6.07, 6.45) is 0.187. The van der Waals surface area contributed by atoms with Crippen LogP contribution in [0.25, 0.3) is 0 Å². The first-order valence-corrected chi connectivity index (χ1v) is 9.09. The van der Waals surface area contributed by atoms with Crippen LogP contribution in [0.2, 0.25) is 18.1 Å². The van der Waals surface area contributed by atoms with Gasteiger partial charge in [-0.2, -0.15) is 5.06 Å². The number of carbonyl (C=O) groups is 2. The van der Waals surface area contributed by atoms with Crippen molar-refractivity contribution in [2.45, 2.75) is 57.8 Å². The van der Waals surface area contributed by atoms with Crippen LogP contribution in [-0.4, -0.2) is 38.4 Å². The average Bonchev–Trinajstić information content (AvgIpc) is 2.21. The number of hydrogen-bond acceptors (Lipinski definition) is 4. The van der Waals surface area contributed by atoms with E-state index in [4.69, 9.17) is 9.26 Å². The summed E-state index contributed by atoms with van der Waals surface area (Å²) in [6, 6.07) is 0. The van der Waals surface area contributed by atoms with Crippen LogP contribution < -0.4 is 0 Å². The van der Waals surface area contributed by atoms with E-state index in [-0.39, 0.29) is 16.9 Å². The molecule has 0 aliphatic carbocycles. The first-order chi connectivity index (χ1) is 8.10. The lowest BCUT2D eigenvalue weighted by Crippen LogP contribution is -2.53. The molecule has 2 amide bonds. The van der Waals surface area contributed by atoms with Crippen molar-refractivity contribution in [2.75, 3.05) is 7.11 Å². The molecule has 1 aliphatic rings. The Morgan fingerprint density at radius 2 is 1.83 bits per heavy atom. The van der Waals surface area contributed by atoms with Crippen molar-refractivity contribution in [3.8, 4) is 0 Å². The fourth-order valence-electron chi connectivity index (χ4n) is 1.57. The third-order valence-electron chi connectivity index (χ3n) is 3.75. The number of amides is 2. The largest absolute Gasteiger partial charge is 0.405 e. The Balaban J connectivity index is 2.80. The molecule has 0 aromatic carbocycles. The van der Waals surface area contributed by atoms with Gasteiger partial charge in [-0.05, 0) is 24.6 Å². The van der Waals surface area contributed by atoms with Gasteiger partial charge < -0.3 is 4.43 Å². The van der Waals surface area contributed by atoms with Crippen LogP contribution in [0.15, 0.2) is 0 Å². The molecule has 5 nitrogen and oxygen atoms in total. The molecule has 0 radical (unpaired) electrons. The minimum Gasteiger partial charge on any atom is -0.405 e. The Kier molecular flexibility index (Phi) is 4.35. The van der Waals surface area contributed by atoms with E-state index in [0.29, 0.717) is 12.8 Å². The van der Waals surface area contributed by atoms with Gasteiger partial charge in [-0.15, -0.1) is 0 Å². The van der Waals surface area contributed by atoms with Crippen molar-refractivity contribution < 1.29 is 18.9 Å². The highest BCUT2D eigenvalue weighted by molar-refractivity contribution is 6.74. The number of hydroxylamine groups is 2. The van der Waals surface area contributed by atoms with Crippen molar-refractivity contribution in [3.63, 3.8) is 0 Å². The molecule has 0 saturated carbocycles. The Bertz CT molecular complexity index is 348. The van der Waals surface area contributed by atoms with Crippen molar-refractivity contribution in [2.24, 2.45) is 0 Å². The minimum atomic E-state index is -2.01. The van der Waals surface area contributed by atoms with Gasteiger partial charge in [0.25, 0.3) is 11.8 Å². The molecule has 0 bridgehead atoms. The molecule has 1 saturated heterocycles. The molecule has 0 spiro atoms. The van der Waals surface area contributed by atoms with Crippen LogP contribution in [0.3, 0.4) is 0 Å². The zero-order chi connectivity index (χ0) is 14.1. The Labute approximate surface area is 110 Å². The van der Waals surface area contributed by atoms with Gasteiger partial charge in [-0.25, -0.2) is 0 Å². The molecule has 0 aromatic rings. The van der Waals surface area contributed by atoms with E-state index in [0.717, 1.165) is 5.06 Å². The van der Waals surface area contributed by atoms with E-state index in [9.17, 15) is 9.59 Å². The molecule has 0 N–H and O–H groups in total. The first-order valence-electron chi connectivity index (χ1n) is 6.19. The van der Waals surface area contributed by atoms with Crippen molar-refractivity contribution in [3.05, 3.63) is 0 Å². The van der Waals surface area contributed by atoms with Gasteiger partial charge in [-0.3, -0.25) is 14.4 Å². The molecule has 1 unspecified atom stereocenters. The third-order valence-corrected chi connectivity index (χ3v) is 8.23. The van der Waals surface area contributed by atoms with E-state index >= 15 is 0 Å². The molecule has 1 aliphatic heterocycles. The summed E-state index contributed by atoms with van der Waals surface area (Å²) >= 11 is 0. The molecular weight excluding hydrogens is 250 g/mol. The standard InChI is InChI=1S/C12H23NO4Si/c1-12(2,3)18(5,6)17-9-7-8-10(14)13(16-4)11(9)15/h9H,7-8H2,1-6H3. The second kappa shape index (κ2) is 5.11. The summed E-state index contributed by atoms with van der Waals surface area (Å²) in [5.74, 6) is -0.670. The minimum absolute atomic E-state index is 0.0344. The Hall–Kier alpha value is -0.723. The fraction of sp³-hybridized carbons (Fsp3) is 0.833. The second-order valence-corrected chi connectivity index (χ2v) is 10.9. The maximum atomic E-state index is 12.0. The Morgan fingerprint density at radius 1 is 1.28 bits per heavy atom. The van der Waals surface area contributed by atoms with Gasteiger partial charge in [0.1, 0.15) is 6.10 Å². The lowest BCUT2D eigenvalue weighted by atomic mass is 10.1. The molecule has 18 heavy (non-hydrogen) atoms. The Morgan fingerprint density at radius 3 is 2.28 bits per heavy atom. The summed E-state index contributed by atoms with van der Waals surface area (Å²) in [4.78, 5) is 28.3. The molecule has 1 heterocycles. The lowest BCUT2D eigenvalue weighted by Gasteiger charge is -2.40. The average molecular weight is 273 g/mol. The number of hydrogen-bond donors (Lipinski definition) is 0. The second-order valence-electron chi connectivity index (χ2n) is 6.11. The predicted octanol–water partition coefficient (Wildman–Crippen LogP) is 2.09. The normalized spacial score (nSPS) is 22.6. The maximum Gasteiger partial charge on any atom is 0.281 e. The lowest BCUT2D eigenvalue weighted by molar-refractivity contribution is -0.198. The SMILES string of the molecule is CON1C(=O)CCC(O[Si](C)(C)C(C)(C)C)C1=O. The fourth-order valence-corrected chi connectivity index (χ4v) is 2.85. The van der Waals surface area contributed by atoms with Crippen LogP contribution >= 0.6 is 0 Å². The number of carbonyl (C=O) groups excluding carboxylic acids is 2. The first kappa shape index (κ1) is 15.3. The van der Waals surface area contributed by atoms with E-state index in [2.05, 4.69) is 33.9 Å². The smallest absolute Gasteiger partial charge is 0.281 e. The summed E-state index contributed by atoms with van der Waals surface area (Å²) in [7, 11) is -0.689. The van der Waals surface area contributed by atoms with Gasteiger partial charge in [0.05, 0.1) is 7.11 Å². The van der Waals surface area contributed by atoms with Gasteiger partial charge >= 0.3 is 0 Å². The molecule has 6 heteroatoms. The molecule has 104 valence electrons. The molecular formula is C12H23NO4Si. The van der Waals surface area contributed by atoms with Crippen LogP contribution in [0.1, 0.15) is 33.6 Å². The van der Waals surface area contributed by atoms with Gasteiger partial charge in [-0.1, -0.05) is 20.8 Å². The summed E-state index contributed by atoms with van der Waals surface area (Å²) in [6.45, 7) is 10.5. The van der Waals surface area contributed by atoms with Gasteiger partial charge in [0.2, 0.25) is 0 Å². The number of piperidine rings is 1. The summed E-state index contributed by atoms with van der Waals surface area (Å²) < 4.78 is 6.05. The number of imide groups is 1. The van der Waals surface area contributed by atoms with Crippen LogP contribution in [0.4, 0.5) is 0 Å². The van der Waals surface area contributed by atoms with E-state index < -0.39 is 14.4 Å². The molecule has 1 fully saturated rings. The highest BCUT2D eigenvalue weighted by Crippen LogP contribution is 2.38. The number of rotatable bonds is 3. The zero-order valence-electron chi connectivity index (χ0n) is 12.1. The van der Waals surface area contributed by atoms with Gasteiger partial charge in [0, 0.05) is 6.42 Å². The van der Waals surface area contributed by atoms with Crippen molar-refractivity contribution >= 4 is 20.1 Å². The van der Waals surface area contributed by atoms with E-state index in [1.165, 1.54) is 7.11 Å². The van der Waals surface area contributed by atoms with E-state index in [1.807, 2.05) is 0 Å². The van der Waals surface area contributed by atoms with E-state index in [1.54, 1.807) is 0 Å². The van der Waals surface area contributed by atoms with Crippen LogP contribution in [0, 0.1) is 0 Å². The molecule has 1 rings (SSSR count). The predicted molar refractivity (Wildman–Crippen MR) is 70.2 cm³/mol. The van der Waals surface area contributed by atoms with Gasteiger partial charge in [0.15, 0.2) is 8.32 Å². The monoisotopic (exact) mass is 273 g/mol. The topological polar surface area (TPSA) is 55.8 Å². The zero-order valence-corrected chi connectivity index (χ0v) is 13.1. The maximum absolute atomic E-state index is 12.0. The molecule has 1 atom stereocenters. The highest BCUT2D eigenvalue weighted by atomic mass is 28.4. The molecule has 0 aromatic heterocycles. The van der Waals surface area contributed by atoms with Crippen molar-refractivity contribution in [1.82, 2.24) is 5.06 Å².